The van der Waals surface area contributed by atoms with E-state index in [4.69, 9.17) is 9.29 Å². The number of aromatic carboxylic acids is 1. The van der Waals surface area contributed by atoms with Crippen molar-refractivity contribution < 1.29 is 22.5 Å². The highest BCUT2D eigenvalue weighted by Crippen LogP contribution is 2.31. The quantitative estimate of drug-likeness (QED) is 0.835. The molecule has 0 atom stereocenters. The van der Waals surface area contributed by atoms with Gasteiger partial charge in [0, 0.05) is 0 Å². The number of carboxylic acid groups (broad SMARTS) is 1. The molecule has 1 N–H and O–H groups in total. The van der Waals surface area contributed by atoms with E-state index in [9.17, 15) is 13.2 Å². The van der Waals surface area contributed by atoms with Crippen molar-refractivity contribution in [2.45, 2.75) is 11.8 Å². The second-order valence-corrected chi connectivity index (χ2v) is 6.67. The number of halogens is 1. The van der Waals surface area contributed by atoms with Gasteiger partial charge in [0.05, 0.1) is 4.47 Å². The first-order chi connectivity index (χ1) is 9.81. The summed E-state index contributed by atoms with van der Waals surface area (Å²) in [7, 11) is -4.10. The molecule has 0 bridgehead atoms. The standard InChI is InChI=1S/C14H11BrO5S/c1-9-5-7-10(8-6-9)21(18,19)20-13-11(14(16)17)3-2-4-12(13)15/h2-8H,1H3,(H,16,17). The Kier molecular flexibility index (Phi) is 4.34. The lowest BCUT2D eigenvalue weighted by molar-refractivity contribution is 0.0695. The first-order valence-electron chi connectivity index (χ1n) is 5.84. The fourth-order valence-electron chi connectivity index (χ4n) is 1.62. The van der Waals surface area contributed by atoms with Crippen LogP contribution in [0.25, 0.3) is 0 Å². The molecule has 0 heterocycles. The Morgan fingerprint density at radius 3 is 2.33 bits per heavy atom. The SMILES string of the molecule is Cc1ccc(S(=O)(=O)Oc2c(Br)cccc2C(=O)O)cc1. The van der Waals surface area contributed by atoms with Crippen molar-refractivity contribution in [1.29, 1.82) is 0 Å². The molecule has 0 unspecified atom stereocenters. The van der Waals surface area contributed by atoms with Crippen LogP contribution in [-0.2, 0) is 10.1 Å². The van der Waals surface area contributed by atoms with Crippen LogP contribution in [0, 0.1) is 6.92 Å². The zero-order chi connectivity index (χ0) is 15.6. The highest BCUT2D eigenvalue weighted by atomic mass is 79.9. The van der Waals surface area contributed by atoms with Crippen LogP contribution in [-0.4, -0.2) is 19.5 Å². The molecule has 5 nitrogen and oxygen atoms in total. The van der Waals surface area contributed by atoms with Crippen molar-refractivity contribution in [1.82, 2.24) is 0 Å². The molecule has 2 aromatic rings. The number of carboxylic acids is 1. The molecule has 0 saturated heterocycles. The summed E-state index contributed by atoms with van der Waals surface area (Å²) in [6, 6.07) is 10.3. The maximum Gasteiger partial charge on any atom is 0.339 e. The van der Waals surface area contributed by atoms with E-state index in [1.54, 1.807) is 12.1 Å². The van der Waals surface area contributed by atoms with Gasteiger partial charge in [0.15, 0.2) is 5.75 Å². The van der Waals surface area contributed by atoms with Gasteiger partial charge in [0.25, 0.3) is 0 Å². The lowest BCUT2D eigenvalue weighted by Crippen LogP contribution is -2.13. The molecule has 110 valence electrons. The number of hydrogen-bond donors (Lipinski definition) is 1. The fraction of sp³-hybridized carbons (Fsp3) is 0.0714. The Hall–Kier alpha value is -1.86. The van der Waals surface area contributed by atoms with Gasteiger partial charge in [-0.1, -0.05) is 23.8 Å². The van der Waals surface area contributed by atoms with Gasteiger partial charge >= 0.3 is 16.1 Å². The number of rotatable bonds is 4. The number of aryl methyl sites for hydroxylation is 1. The minimum atomic E-state index is -4.10. The molecule has 7 heteroatoms. The van der Waals surface area contributed by atoms with Crippen molar-refractivity contribution in [3.8, 4) is 5.75 Å². The Bertz CT molecular complexity index is 782. The van der Waals surface area contributed by atoms with E-state index in [0.717, 1.165) is 5.56 Å². The number of para-hydroxylation sites is 1. The molecule has 0 fully saturated rings. The van der Waals surface area contributed by atoms with Gasteiger partial charge in [-0.15, -0.1) is 0 Å². The molecule has 0 spiro atoms. The van der Waals surface area contributed by atoms with Crippen LogP contribution in [0.4, 0.5) is 0 Å². The molecular formula is C14H11BrO5S. The first-order valence-corrected chi connectivity index (χ1v) is 8.04. The molecule has 0 aromatic heterocycles. The van der Waals surface area contributed by atoms with Crippen molar-refractivity contribution in [3.05, 3.63) is 58.1 Å². The number of benzene rings is 2. The monoisotopic (exact) mass is 370 g/mol. The van der Waals surface area contributed by atoms with E-state index < -0.39 is 16.1 Å². The molecular weight excluding hydrogens is 360 g/mol. The predicted octanol–water partition coefficient (Wildman–Crippen LogP) is 3.22. The third-order valence-corrected chi connectivity index (χ3v) is 4.56. The minimum absolute atomic E-state index is 0.0415. The van der Waals surface area contributed by atoms with Crippen LogP contribution in [0.1, 0.15) is 15.9 Å². The molecule has 0 aliphatic rings. The predicted molar refractivity (Wildman–Crippen MR) is 80.1 cm³/mol. The van der Waals surface area contributed by atoms with Crippen LogP contribution in [0.15, 0.2) is 51.8 Å². The first kappa shape index (κ1) is 15.5. The average molecular weight is 371 g/mol. The average Bonchev–Trinajstić information content (AvgIpc) is 2.41. The maximum absolute atomic E-state index is 12.2. The van der Waals surface area contributed by atoms with Crippen LogP contribution in [0.3, 0.4) is 0 Å². The van der Waals surface area contributed by atoms with Crippen molar-refractivity contribution >= 4 is 32.0 Å². The van der Waals surface area contributed by atoms with Crippen LogP contribution >= 0.6 is 15.9 Å². The zero-order valence-corrected chi connectivity index (χ0v) is 13.3. The summed E-state index contributed by atoms with van der Waals surface area (Å²) in [5.74, 6) is -1.52. The molecule has 21 heavy (non-hydrogen) atoms. The molecule has 0 aliphatic heterocycles. The molecule has 2 aromatic carbocycles. The Morgan fingerprint density at radius 2 is 1.76 bits per heavy atom. The van der Waals surface area contributed by atoms with Gasteiger partial charge in [-0.3, -0.25) is 0 Å². The summed E-state index contributed by atoms with van der Waals surface area (Å²) in [4.78, 5) is 11.1. The highest BCUT2D eigenvalue weighted by molar-refractivity contribution is 9.10. The van der Waals surface area contributed by atoms with Crippen molar-refractivity contribution in [2.24, 2.45) is 0 Å². The third kappa shape index (κ3) is 3.43. The highest BCUT2D eigenvalue weighted by Gasteiger charge is 2.22. The largest absolute Gasteiger partial charge is 0.478 e. The number of carbonyl (C=O) groups is 1. The molecule has 0 saturated carbocycles. The second kappa shape index (κ2) is 5.87. The molecule has 0 radical (unpaired) electrons. The normalized spacial score (nSPS) is 11.1. The van der Waals surface area contributed by atoms with Gasteiger partial charge < -0.3 is 9.29 Å². The summed E-state index contributed by atoms with van der Waals surface area (Å²) in [5, 5.41) is 9.10. The molecule has 2 rings (SSSR count). The van der Waals surface area contributed by atoms with E-state index in [1.807, 2.05) is 6.92 Å². The van der Waals surface area contributed by atoms with E-state index in [-0.39, 0.29) is 20.7 Å². The van der Waals surface area contributed by atoms with E-state index in [2.05, 4.69) is 15.9 Å². The lowest BCUT2D eigenvalue weighted by atomic mass is 10.2. The van der Waals surface area contributed by atoms with Gasteiger partial charge in [-0.25, -0.2) is 4.79 Å². The smallest absolute Gasteiger partial charge is 0.339 e. The summed E-state index contributed by atoms with van der Waals surface area (Å²) in [6.45, 7) is 1.83. The summed E-state index contributed by atoms with van der Waals surface area (Å²) < 4.78 is 29.7. The van der Waals surface area contributed by atoms with Gasteiger partial charge in [0.1, 0.15) is 10.5 Å². The summed E-state index contributed by atoms with van der Waals surface area (Å²) in [6.07, 6.45) is 0. The van der Waals surface area contributed by atoms with Crippen LogP contribution in [0.2, 0.25) is 0 Å². The van der Waals surface area contributed by atoms with Gasteiger partial charge in [-0.2, -0.15) is 8.42 Å². The van der Waals surface area contributed by atoms with Gasteiger partial charge in [-0.05, 0) is 47.1 Å². The Labute approximate surface area is 130 Å². The molecule has 0 amide bonds. The maximum atomic E-state index is 12.2. The van der Waals surface area contributed by atoms with E-state index >= 15 is 0 Å². The minimum Gasteiger partial charge on any atom is -0.478 e. The van der Waals surface area contributed by atoms with Crippen molar-refractivity contribution in [3.63, 3.8) is 0 Å². The van der Waals surface area contributed by atoms with E-state index in [1.165, 1.54) is 30.3 Å². The summed E-state index contributed by atoms with van der Waals surface area (Å²) in [5.41, 5.74) is 0.668. The zero-order valence-electron chi connectivity index (χ0n) is 10.9. The van der Waals surface area contributed by atoms with E-state index in [0.29, 0.717) is 0 Å². The fourth-order valence-corrected chi connectivity index (χ4v) is 3.14. The number of hydrogen-bond acceptors (Lipinski definition) is 4. The van der Waals surface area contributed by atoms with Gasteiger partial charge in [0.2, 0.25) is 0 Å². The van der Waals surface area contributed by atoms with Crippen molar-refractivity contribution in [2.75, 3.05) is 0 Å². The topological polar surface area (TPSA) is 80.7 Å². The summed E-state index contributed by atoms with van der Waals surface area (Å²) >= 11 is 3.10. The Balaban J connectivity index is 2.46. The second-order valence-electron chi connectivity index (χ2n) is 4.27. The Morgan fingerprint density at radius 1 is 1.14 bits per heavy atom. The van der Waals surface area contributed by atoms with Crippen LogP contribution < -0.4 is 4.18 Å². The van der Waals surface area contributed by atoms with Crippen LogP contribution in [0.5, 0.6) is 5.75 Å². The lowest BCUT2D eigenvalue weighted by Gasteiger charge is -2.11. The molecule has 0 aliphatic carbocycles. The third-order valence-electron chi connectivity index (χ3n) is 2.70.